The number of carboxylic acids is 1. The summed E-state index contributed by atoms with van der Waals surface area (Å²) in [6, 6.07) is 7.40. The van der Waals surface area contributed by atoms with E-state index in [1.54, 1.807) is 13.2 Å². The van der Waals surface area contributed by atoms with E-state index in [4.69, 9.17) is 14.6 Å². The van der Waals surface area contributed by atoms with Crippen LogP contribution < -0.4 is 4.74 Å². The van der Waals surface area contributed by atoms with Crippen molar-refractivity contribution in [2.75, 3.05) is 7.11 Å². The van der Waals surface area contributed by atoms with Gasteiger partial charge in [0.2, 0.25) is 0 Å². The Morgan fingerprint density at radius 3 is 2.95 bits per heavy atom. The lowest BCUT2D eigenvalue weighted by Gasteiger charge is -2.08. The van der Waals surface area contributed by atoms with Crippen LogP contribution in [0.15, 0.2) is 36.8 Å². The van der Waals surface area contributed by atoms with Crippen molar-refractivity contribution >= 4 is 5.97 Å². The summed E-state index contributed by atoms with van der Waals surface area (Å²) in [6.45, 7) is 0.561. The third-order valence-electron chi connectivity index (χ3n) is 2.61. The number of benzene rings is 1. The summed E-state index contributed by atoms with van der Waals surface area (Å²) in [7, 11) is 1.62. The Morgan fingerprint density at radius 1 is 1.35 bits per heavy atom. The third-order valence-corrected chi connectivity index (χ3v) is 2.61. The Morgan fingerprint density at radius 2 is 2.20 bits per heavy atom. The molecule has 1 aromatic carbocycles. The van der Waals surface area contributed by atoms with E-state index in [0.717, 1.165) is 5.56 Å². The molecular formula is C14H14N2O4. The molecule has 0 atom stereocenters. The summed E-state index contributed by atoms with van der Waals surface area (Å²) < 4.78 is 10.6. The Labute approximate surface area is 116 Å². The Hall–Kier alpha value is -2.47. The molecule has 1 heterocycles. The molecule has 0 amide bonds. The first-order valence-electron chi connectivity index (χ1n) is 5.93. The highest BCUT2D eigenvalue weighted by Crippen LogP contribution is 2.16. The molecule has 104 valence electrons. The van der Waals surface area contributed by atoms with Crippen LogP contribution in [0, 0.1) is 0 Å². The Kier molecular flexibility index (Phi) is 4.62. The summed E-state index contributed by atoms with van der Waals surface area (Å²) in [5.41, 5.74) is 1.36. The van der Waals surface area contributed by atoms with E-state index < -0.39 is 5.97 Å². The van der Waals surface area contributed by atoms with Crippen LogP contribution in [-0.2, 0) is 18.0 Å². The second kappa shape index (κ2) is 6.63. The summed E-state index contributed by atoms with van der Waals surface area (Å²) in [6.07, 6.45) is 2.56. The van der Waals surface area contributed by atoms with Crippen LogP contribution in [0.2, 0.25) is 0 Å². The molecule has 0 aliphatic heterocycles. The number of nitrogens with zero attached hydrogens (tertiary/aromatic N) is 2. The first kappa shape index (κ1) is 14.0. The van der Waals surface area contributed by atoms with Crippen molar-refractivity contribution in [1.82, 2.24) is 9.97 Å². The zero-order chi connectivity index (χ0) is 14.4. The molecule has 2 aromatic rings. The number of aromatic carboxylic acids is 1. The number of aromatic nitrogens is 2. The van der Waals surface area contributed by atoms with Gasteiger partial charge in [-0.15, -0.1) is 0 Å². The number of hydrogen-bond donors (Lipinski definition) is 1. The maximum absolute atomic E-state index is 11.0. The van der Waals surface area contributed by atoms with Gasteiger partial charge in [-0.2, -0.15) is 0 Å². The fraction of sp³-hybridized carbons (Fsp3) is 0.214. The predicted octanol–water partition coefficient (Wildman–Crippen LogP) is 1.90. The van der Waals surface area contributed by atoms with Crippen molar-refractivity contribution in [3.8, 4) is 5.75 Å². The first-order valence-corrected chi connectivity index (χ1v) is 5.93. The second-order valence-electron chi connectivity index (χ2n) is 4.06. The molecule has 1 aromatic heterocycles. The lowest BCUT2D eigenvalue weighted by molar-refractivity contribution is 0.0692. The number of methoxy groups -OCH3 is 1. The highest BCUT2D eigenvalue weighted by molar-refractivity contribution is 5.88. The van der Waals surface area contributed by atoms with Gasteiger partial charge in [-0.3, -0.25) is 0 Å². The molecule has 0 saturated carbocycles. The van der Waals surface area contributed by atoms with Crippen molar-refractivity contribution in [3.05, 3.63) is 53.6 Å². The molecule has 0 spiro atoms. The summed E-state index contributed by atoms with van der Waals surface area (Å²) in [5.74, 6) is -0.438. The standard InChI is InChI=1S/C14H14N2O4/c1-19-7-10-3-2-4-11(5-10)20-8-13-12(14(17)18)6-15-9-16-13/h2-6,9H,7-8H2,1H3,(H,17,18). The lowest BCUT2D eigenvalue weighted by Crippen LogP contribution is -2.08. The molecule has 0 radical (unpaired) electrons. The molecular weight excluding hydrogens is 260 g/mol. The van der Waals surface area contributed by atoms with Crippen molar-refractivity contribution in [1.29, 1.82) is 0 Å². The molecule has 20 heavy (non-hydrogen) atoms. The molecule has 0 saturated heterocycles. The van der Waals surface area contributed by atoms with Crippen LogP contribution in [-0.4, -0.2) is 28.2 Å². The summed E-state index contributed by atoms with van der Waals surface area (Å²) >= 11 is 0. The van der Waals surface area contributed by atoms with Crippen LogP contribution in [0.5, 0.6) is 5.75 Å². The molecule has 0 fully saturated rings. The highest BCUT2D eigenvalue weighted by atomic mass is 16.5. The van der Waals surface area contributed by atoms with Crippen LogP contribution in [0.25, 0.3) is 0 Å². The van der Waals surface area contributed by atoms with E-state index in [-0.39, 0.29) is 12.2 Å². The number of carbonyl (C=O) groups is 1. The van der Waals surface area contributed by atoms with Gasteiger partial charge in [0.25, 0.3) is 0 Å². The van der Waals surface area contributed by atoms with Crippen molar-refractivity contribution in [3.63, 3.8) is 0 Å². The number of hydrogen-bond acceptors (Lipinski definition) is 5. The number of rotatable bonds is 6. The number of carboxylic acid groups (broad SMARTS) is 1. The van der Waals surface area contributed by atoms with Gasteiger partial charge in [0.05, 0.1) is 12.3 Å². The largest absolute Gasteiger partial charge is 0.487 e. The molecule has 6 nitrogen and oxygen atoms in total. The molecule has 2 rings (SSSR count). The topological polar surface area (TPSA) is 81.5 Å². The number of ether oxygens (including phenoxy) is 2. The fourth-order valence-electron chi connectivity index (χ4n) is 1.69. The SMILES string of the molecule is COCc1cccc(OCc2ncncc2C(=O)O)c1. The maximum atomic E-state index is 11.0. The second-order valence-corrected chi connectivity index (χ2v) is 4.06. The molecule has 0 unspecified atom stereocenters. The van der Waals surface area contributed by atoms with E-state index in [9.17, 15) is 4.79 Å². The summed E-state index contributed by atoms with van der Waals surface area (Å²) in [4.78, 5) is 18.6. The third kappa shape index (κ3) is 3.52. The smallest absolute Gasteiger partial charge is 0.339 e. The molecule has 1 N–H and O–H groups in total. The monoisotopic (exact) mass is 274 g/mol. The molecule has 0 aliphatic carbocycles. The Balaban J connectivity index is 2.09. The van der Waals surface area contributed by atoms with E-state index in [1.807, 2.05) is 18.2 Å². The quantitative estimate of drug-likeness (QED) is 0.866. The van der Waals surface area contributed by atoms with E-state index in [0.29, 0.717) is 18.1 Å². The van der Waals surface area contributed by atoms with Crippen molar-refractivity contribution in [2.24, 2.45) is 0 Å². The zero-order valence-corrected chi connectivity index (χ0v) is 10.9. The normalized spacial score (nSPS) is 10.2. The van der Waals surface area contributed by atoms with Crippen LogP contribution >= 0.6 is 0 Å². The maximum Gasteiger partial charge on any atom is 0.339 e. The molecule has 0 bridgehead atoms. The molecule has 0 aliphatic rings. The lowest BCUT2D eigenvalue weighted by atomic mass is 10.2. The van der Waals surface area contributed by atoms with Crippen molar-refractivity contribution in [2.45, 2.75) is 13.2 Å². The summed E-state index contributed by atoms with van der Waals surface area (Å²) in [5, 5.41) is 9.02. The van der Waals surface area contributed by atoms with Gasteiger partial charge in [-0.05, 0) is 17.7 Å². The van der Waals surface area contributed by atoms with Gasteiger partial charge in [0, 0.05) is 13.3 Å². The van der Waals surface area contributed by atoms with Crippen molar-refractivity contribution < 1.29 is 19.4 Å². The van der Waals surface area contributed by atoms with Crippen LogP contribution in [0.4, 0.5) is 0 Å². The molecule has 6 heteroatoms. The minimum absolute atomic E-state index is 0.0422. The van der Waals surface area contributed by atoms with E-state index in [2.05, 4.69) is 9.97 Å². The van der Waals surface area contributed by atoms with Gasteiger partial charge >= 0.3 is 5.97 Å². The van der Waals surface area contributed by atoms with E-state index in [1.165, 1.54) is 12.5 Å². The van der Waals surface area contributed by atoms with Crippen LogP contribution in [0.3, 0.4) is 0 Å². The predicted molar refractivity (Wildman–Crippen MR) is 70.5 cm³/mol. The van der Waals surface area contributed by atoms with Gasteiger partial charge in [-0.1, -0.05) is 12.1 Å². The fourth-order valence-corrected chi connectivity index (χ4v) is 1.69. The van der Waals surface area contributed by atoms with Gasteiger partial charge in [0.1, 0.15) is 24.2 Å². The van der Waals surface area contributed by atoms with Gasteiger partial charge in [-0.25, -0.2) is 14.8 Å². The highest BCUT2D eigenvalue weighted by Gasteiger charge is 2.11. The zero-order valence-electron chi connectivity index (χ0n) is 10.9. The van der Waals surface area contributed by atoms with Crippen LogP contribution in [0.1, 0.15) is 21.6 Å². The minimum Gasteiger partial charge on any atom is -0.487 e. The van der Waals surface area contributed by atoms with Gasteiger partial charge < -0.3 is 14.6 Å². The average Bonchev–Trinajstić information content (AvgIpc) is 2.46. The van der Waals surface area contributed by atoms with E-state index >= 15 is 0 Å². The first-order chi connectivity index (χ1) is 9.70. The van der Waals surface area contributed by atoms with Gasteiger partial charge in [0.15, 0.2) is 0 Å². The Bertz CT molecular complexity index is 601. The average molecular weight is 274 g/mol. The minimum atomic E-state index is -1.07.